The van der Waals surface area contributed by atoms with Gasteiger partial charge in [0.25, 0.3) is 11.8 Å². The largest absolute Gasteiger partial charge is 0.494 e. The van der Waals surface area contributed by atoms with Crippen molar-refractivity contribution >= 4 is 17.4 Å². The summed E-state index contributed by atoms with van der Waals surface area (Å²) in [6.07, 6.45) is 5.16. The maximum atomic E-state index is 13.4. The van der Waals surface area contributed by atoms with E-state index in [9.17, 15) is 9.59 Å². The van der Waals surface area contributed by atoms with Gasteiger partial charge in [0.05, 0.1) is 12.1 Å². The summed E-state index contributed by atoms with van der Waals surface area (Å²) >= 11 is 0. The number of amides is 2. The monoisotopic (exact) mass is 460 g/mol. The minimum atomic E-state index is -0.652. The predicted octanol–water partition coefficient (Wildman–Crippen LogP) is 5.31. The third-order valence-electron chi connectivity index (χ3n) is 6.39. The smallest absolute Gasteiger partial charge is 0.272 e. The quantitative estimate of drug-likeness (QED) is 0.515. The molecule has 7 nitrogen and oxygen atoms in total. The average molecular weight is 461 g/mol. The summed E-state index contributed by atoms with van der Waals surface area (Å²) in [5, 5.41) is 12.0. The minimum Gasteiger partial charge on any atom is -0.494 e. The molecule has 0 spiro atoms. The zero-order valence-corrected chi connectivity index (χ0v) is 20.1. The van der Waals surface area contributed by atoms with Crippen molar-refractivity contribution < 1.29 is 14.3 Å². The third-order valence-corrected chi connectivity index (χ3v) is 6.39. The van der Waals surface area contributed by atoms with Gasteiger partial charge in [-0.1, -0.05) is 73.4 Å². The Kier molecular flexibility index (Phi) is 7.10. The van der Waals surface area contributed by atoms with Crippen LogP contribution in [0.3, 0.4) is 0 Å². The Morgan fingerprint density at radius 3 is 2.41 bits per heavy atom. The van der Waals surface area contributed by atoms with Gasteiger partial charge in [-0.3, -0.25) is 9.59 Å². The average Bonchev–Trinajstić information content (AvgIpc) is 3.24. The zero-order valence-electron chi connectivity index (χ0n) is 20.1. The summed E-state index contributed by atoms with van der Waals surface area (Å²) in [4.78, 5) is 25.7. The first-order valence-electron chi connectivity index (χ1n) is 12.0. The minimum absolute atomic E-state index is 0.0465. The topological polar surface area (TPSA) is 83.4 Å². The molecule has 0 saturated heterocycles. The van der Waals surface area contributed by atoms with Crippen LogP contribution in [0.1, 0.15) is 62.6 Å². The van der Waals surface area contributed by atoms with E-state index in [4.69, 9.17) is 4.74 Å². The number of hydrogen-bond donors (Lipinski definition) is 1. The maximum Gasteiger partial charge on any atom is 0.272 e. The van der Waals surface area contributed by atoms with Gasteiger partial charge in [-0.15, -0.1) is 0 Å². The number of hydrogen-bond acceptors (Lipinski definition) is 5. The Labute approximate surface area is 200 Å². The van der Waals surface area contributed by atoms with Gasteiger partial charge in [-0.25, -0.2) is 0 Å². The molecular weight excluding hydrogens is 428 g/mol. The van der Waals surface area contributed by atoms with Crippen molar-refractivity contribution in [3.05, 3.63) is 70.9 Å². The Balaban J connectivity index is 1.61. The van der Waals surface area contributed by atoms with Crippen LogP contribution in [0.5, 0.6) is 5.75 Å². The van der Waals surface area contributed by atoms with Crippen molar-refractivity contribution in [3.63, 3.8) is 0 Å². The summed E-state index contributed by atoms with van der Waals surface area (Å²) < 4.78 is 5.88. The van der Waals surface area contributed by atoms with Crippen LogP contribution in [0.2, 0.25) is 0 Å². The summed E-state index contributed by atoms with van der Waals surface area (Å²) in [6.45, 7) is 6.87. The van der Waals surface area contributed by atoms with E-state index in [0.717, 1.165) is 39.4 Å². The lowest BCUT2D eigenvalue weighted by Gasteiger charge is -2.38. The van der Waals surface area contributed by atoms with Crippen LogP contribution in [0.15, 0.2) is 64.6 Å². The van der Waals surface area contributed by atoms with E-state index in [1.807, 2.05) is 62.4 Å². The van der Waals surface area contributed by atoms with Gasteiger partial charge in [0.1, 0.15) is 18.0 Å². The van der Waals surface area contributed by atoms with Gasteiger partial charge in [0.15, 0.2) is 0 Å². The first-order valence-corrected chi connectivity index (χ1v) is 12.0. The Morgan fingerprint density at radius 1 is 1.03 bits per heavy atom. The number of nitrogens with one attached hydrogen (secondary N) is 1. The molecule has 2 aliphatic heterocycles. The number of carbonyl (C=O) groups is 2. The van der Waals surface area contributed by atoms with Crippen LogP contribution in [-0.2, 0) is 15.1 Å². The summed E-state index contributed by atoms with van der Waals surface area (Å²) in [5.41, 5.74) is 3.36. The molecule has 2 aromatic rings. The van der Waals surface area contributed by atoms with E-state index in [-0.39, 0.29) is 24.1 Å². The zero-order chi connectivity index (χ0) is 24.1. The first-order chi connectivity index (χ1) is 16.4. The number of aryl methyl sites for hydroxylation is 1. The van der Waals surface area contributed by atoms with E-state index >= 15 is 0 Å². The second-order valence-electron chi connectivity index (χ2n) is 9.18. The fraction of sp³-hybridized carbons (Fsp3) is 0.407. The second kappa shape index (κ2) is 10.2. The van der Waals surface area contributed by atoms with E-state index < -0.39 is 5.54 Å². The van der Waals surface area contributed by atoms with Crippen LogP contribution < -0.4 is 10.1 Å². The highest BCUT2D eigenvalue weighted by Gasteiger charge is 2.41. The number of rotatable bonds is 9. The molecule has 34 heavy (non-hydrogen) atoms. The highest BCUT2D eigenvalue weighted by Crippen LogP contribution is 2.40. The molecule has 2 aromatic carbocycles. The third kappa shape index (κ3) is 5.03. The molecular formula is C27H32N4O3. The molecule has 0 radical (unpaired) electrons. The van der Waals surface area contributed by atoms with Crippen molar-refractivity contribution in [2.24, 2.45) is 10.3 Å². The van der Waals surface area contributed by atoms with Gasteiger partial charge in [-0.05, 0) is 49.1 Å². The van der Waals surface area contributed by atoms with Crippen LogP contribution >= 0.6 is 0 Å². The molecule has 0 unspecified atom stereocenters. The Morgan fingerprint density at radius 2 is 1.76 bits per heavy atom. The van der Waals surface area contributed by atoms with Crippen LogP contribution in [0.25, 0.3) is 5.57 Å². The molecule has 0 aromatic heterocycles. The van der Waals surface area contributed by atoms with Crippen molar-refractivity contribution in [2.75, 3.05) is 13.2 Å². The van der Waals surface area contributed by atoms with E-state index in [0.29, 0.717) is 13.0 Å². The van der Waals surface area contributed by atoms with Gasteiger partial charge >= 0.3 is 0 Å². The highest BCUT2D eigenvalue weighted by atomic mass is 16.5. The molecule has 1 atom stereocenters. The molecule has 0 saturated carbocycles. The molecule has 0 fully saturated rings. The number of unbranched alkanes of at least 4 members (excludes halogenated alkanes) is 3. The summed E-state index contributed by atoms with van der Waals surface area (Å²) in [7, 11) is 0. The lowest BCUT2D eigenvalue weighted by atomic mass is 9.79. The molecule has 2 aliphatic rings. The summed E-state index contributed by atoms with van der Waals surface area (Å²) in [5.74, 6) is 0.178. The summed E-state index contributed by atoms with van der Waals surface area (Å²) in [6, 6.07) is 15.9. The van der Waals surface area contributed by atoms with Crippen LogP contribution in [0, 0.1) is 6.92 Å². The predicted molar refractivity (Wildman–Crippen MR) is 131 cm³/mol. The van der Waals surface area contributed by atoms with Crippen LogP contribution in [0.4, 0.5) is 0 Å². The first kappa shape index (κ1) is 23.7. The number of nitrogens with zero attached hydrogens (tertiary/aromatic N) is 3. The lowest BCUT2D eigenvalue weighted by molar-refractivity contribution is -0.130. The van der Waals surface area contributed by atoms with Crippen molar-refractivity contribution in [1.29, 1.82) is 0 Å². The van der Waals surface area contributed by atoms with Gasteiger partial charge < -0.3 is 10.1 Å². The number of carbonyl (C=O) groups excluding carboxylic acids is 2. The maximum absolute atomic E-state index is 13.4. The normalized spacial score (nSPS) is 20.1. The lowest BCUT2D eigenvalue weighted by Crippen LogP contribution is -2.50. The SMILES string of the molecule is CCCCCCOc1ccc([C@]2(C)CC(c3ccc(C)cc3)=C(N3N=NCC3=O)C(=O)N2)cc1. The molecule has 0 aliphatic carbocycles. The van der Waals surface area contributed by atoms with Crippen molar-refractivity contribution in [2.45, 2.75) is 58.4 Å². The molecule has 7 heteroatoms. The number of benzene rings is 2. The molecule has 4 rings (SSSR count). The molecule has 0 bridgehead atoms. The molecule has 178 valence electrons. The van der Waals surface area contributed by atoms with Gasteiger partial charge in [0, 0.05) is 6.42 Å². The van der Waals surface area contributed by atoms with Crippen molar-refractivity contribution in [3.8, 4) is 5.75 Å². The Hall–Kier alpha value is -3.48. The standard InChI is InChI=1S/C27H32N4O3/c1-4-5-6-7-16-34-22-14-12-21(13-15-22)27(3)17-23(20-10-8-19(2)9-11-20)25(26(33)29-27)31-24(32)18-28-30-31/h8-15H,4-7,16-18H2,1-3H3,(H,29,33)/t27-/m0/s1. The van der Waals surface area contributed by atoms with E-state index in [1.165, 1.54) is 19.3 Å². The van der Waals surface area contributed by atoms with E-state index in [1.54, 1.807) is 0 Å². The van der Waals surface area contributed by atoms with E-state index in [2.05, 4.69) is 22.6 Å². The highest BCUT2D eigenvalue weighted by molar-refractivity contribution is 6.06. The van der Waals surface area contributed by atoms with Gasteiger partial charge in [0.2, 0.25) is 0 Å². The second-order valence-corrected chi connectivity index (χ2v) is 9.18. The molecule has 2 amide bonds. The Bertz CT molecular complexity index is 1110. The van der Waals surface area contributed by atoms with Crippen molar-refractivity contribution in [1.82, 2.24) is 10.3 Å². The van der Waals surface area contributed by atoms with Crippen LogP contribution in [-0.4, -0.2) is 30.0 Å². The molecule has 1 N–H and O–H groups in total. The number of ether oxygens (including phenoxy) is 1. The molecule has 2 heterocycles. The van der Waals surface area contributed by atoms with Gasteiger partial charge in [-0.2, -0.15) is 10.1 Å². The fourth-order valence-electron chi connectivity index (χ4n) is 4.40. The fourth-order valence-corrected chi connectivity index (χ4v) is 4.40.